The Morgan fingerprint density at radius 3 is 2.75 bits per heavy atom. The molecule has 0 amide bonds. The van der Waals surface area contributed by atoms with Gasteiger partial charge >= 0.3 is 0 Å². The molecule has 20 heavy (non-hydrogen) atoms. The lowest BCUT2D eigenvalue weighted by Gasteiger charge is -2.53. The van der Waals surface area contributed by atoms with Crippen molar-refractivity contribution in [1.82, 2.24) is 0 Å². The van der Waals surface area contributed by atoms with Crippen molar-refractivity contribution in [2.24, 2.45) is 35.0 Å². The Kier molecular flexibility index (Phi) is 2.91. The van der Waals surface area contributed by atoms with Gasteiger partial charge in [-0.05, 0) is 86.0 Å². The molecule has 0 saturated heterocycles. The lowest BCUT2D eigenvalue weighted by atomic mass is 9.51. The minimum Gasteiger partial charge on any atom is -0.295 e. The highest BCUT2D eigenvalue weighted by Gasteiger charge is 2.54. The maximum atomic E-state index is 11.7. The van der Waals surface area contributed by atoms with Gasteiger partial charge in [0.2, 0.25) is 0 Å². The molecule has 0 spiro atoms. The van der Waals surface area contributed by atoms with Crippen LogP contribution in [0, 0.1) is 35.0 Å². The fraction of sp³-hybridized carbons (Fsp3) is 0.842. The second-order valence-electron chi connectivity index (χ2n) is 8.33. The van der Waals surface area contributed by atoms with Crippen LogP contribution in [0.15, 0.2) is 11.6 Å². The number of carbonyl (C=O) groups excluding carboxylic acids is 1. The van der Waals surface area contributed by atoms with Crippen LogP contribution in [-0.2, 0) is 4.79 Å². The first-order chi connectivity index (χ1) is 9.59. The second-order valence-corrected chi connectivity index (χ2v) is 8.33. The van der Waals surface area contributed by atoms with Crippen LogP contribution in [0.5, 0.6) is 0 Å². The SMILES string of the molecule is CC1CCC2C3CCC4=CC(=O)CCC4C3CCC12C. The smallest absolute Gasteiger partial charge is 0.155 e. The quantitative estimate of drug-likeness (QED) is 0.621. The van der Waals surface area contributed by atoms with E-state index < -0.39 is 0 Å². The molecule has 4 aliphatic rings. The molecule has 3 fully saturated rings. The largest absolute Gasteiger partial charge is 0.295 e. The van der Waals surface area contributed by atoms with Gasteiger partial charge in [0.05, 0.1) is 0 Å². The van der Waals surface area contributed by atoms with E-state index in [0.29, 0.717) is 11.2 Å². The van der Waals surface area contributed by atoms with Crippen LogP contribution in [-0.4, -0.2) is 5.78 Å². The number of rotatable bonds is 0. The van der Waals surface area contributed by atoms with Gasteiger partial charge in [-0.2, -0.15) is 0 Å². The summed E-state index contributed by atoms with van der Waals surface area (Å²) in [7, 11) is 0. The van der Waals surface area contributed by atoms with E-state index in [-0.39, 0.29) is 0 Å². The minimum absolute atomic E-state index is 0.393. The van der Waals surface area contributed by atoms with E-state index >= 15 is 0 Å². The molecule has 110 valence electrons. The second kappa shape index (κ2) is 4.45. The van der Waals surface area contributed by atoms with Crippen LogP contribution in [0.25, 0.3) is 0 Å². The van der Waals surface area contributed by atoms with Gasteiger partial charge in [-0.25, -0.2) is 0 Å². The molecular weight excluding hydrogens is 244 g/mol. The van der Waals surface area contributed by atoms with Crippen molar-refractivity contribution in [2.45, 2.75) is 65.2 Å². The van der Waals surface area contributed by atoms with Gasteiger partial charge in [-0.3, -0.25) is 4.79 Å². The monoisotopic (exact) mass is 272 g/mol. The van der Waals surface area contributed by atoms with Gasteiger partial charge in [0.25, 0.3) is 0 Å². The third-order valence-corrected chi connectivity index (χ3v) is 7.77. The molecule has 1 heteroatoms. The standard InChI is InChI=1S/C19H28O/c1-12-3-8-18-17-6-4-13-11-14(20)5-7-15(13)16(17)9-10-19(12,18)2/h11-12,15-18H,3-10H2,1-2H3. The van der Waals surface area contributed by atoms with E-state index in [1.165, 1.54) is 44.1 Å². The molecule has 0 N–H and O–H groups in total. The van der Waals surface area contributed by atoms with Crippen LogP contribution in [0.2, 0.25) is 0 Å². The zero-order chi connectivity index (χ0) is 13.9. The molecule has 0 aromatic heterocycles. The van der Waals surface area contributed by atoms with E-state index in [4.69, 9.17) is 0 Å². The summed E-state index contributed by atoms with van der Waals surface area (Å²) in [4.78, 5) is 11.7. The summed E-state index contributed by atoms with van der Waals surface area (Å²) in [5, 5.41) is 0. The molecule has 0 radical (unpaired) electrons. The molecular formula is C19H28O. The summed E-state index contributed by atoms with van der Waals surface area (Å²) in [6, 6.07) is 0. The Balaban J connectivity index is 1.63. The predicted octanol–water partition coefficient (Wildman–Crippen LogP) is 4.76. The zero-order valence-electron chi connectivity index (χ0n) is 13.0. The molecule has 3 saturated carbocycles. The normalized spacial score (nSPS) is 51.0. The van der Waals surface area contributed by atoms with E-state index in [9.17, 15) is 4.79 Å². The minimum atomic E-state index is 0.393. The van der Waals surface area contributed by atoms with Crippen molar-refractivity contribution in [1.29, 1.82) is 0 Å². The van der Waals surface area contributed by atoms with Gasteiger partial charge < -0.3 is 0 Å². The van der Waals surface area contributed by atoms with Crippen molar-refractivity contribution in [3.8, 4) is 0 Å². The molecule has 6 unspecified atom stereocenters. The van der Waals surface area contributed by atoms with E-state index in [2.05, 4.69) is 13.8 Å². The van der Waals surface area contributed by atoms with Crippen LogP contribution in [0.3, 0.4) is 0 Å². The summed E-state index contributed by atoms with van der Waals surface area (Å²) in [6.07, 6.45) is 12.4. The first-order valence-electron chi connectivity index (χ1n) is 8.83. The molecule has 0 aromatic carbocycles. The lowest BCUT2D eigenvalue weighted by Crippen LogP contribution is -2.46. The maximum absolute atomic E-state index is 11.7. The van der Waals surface area contributed by atoms with Gasteiger partial charge in [0, 0.05) is 6.42 Å². The average molecular weight is 272 g/mol. The fourth-order valence-corrected chi connectivity index (χ4v) is 6.44. The Labute approximate surface area is 123 Å². The Morgan fingerprint density at radius 2 is 1.90 bits per heavy atom. The average Bonchev–Trinajstić information content (AvgIpc) is 2.74. The number of fused-ring (bicyclic) bond motifs is 5. The predicted molar refractivity (Wildman–Crippen MR) is 81.3 cm³/mol. The van der Waals surface area contributed by atoms with Crippen molar-refractivity contribution in [3.63, 3.8) is 0 Å². The summed E-state index contributed by atoms with van der Waals surface area (Å²) in [5.74, 6) is 4.95. The van der Waals surface area contributed by atoms with Crippen molar-refractivity contribution >= 4 is 5.78 Å². The Bertz CT molecular complexity index is 462. The van der Waals surface area contributed by atoms with Crippen molar-refractivity contribution < 1.29 is 4.79 Å². The van der Waals surface area contributed by atoms with E-state index in [0.717, 1.165) is 42.4 Å². The molecule has 0 aromatic rings. The third-order valence-electron chi connectivity index (χ3n) is 7.77. The molecule has 6 atom stereocenters. The summed E-state index contributed by atoms with van der Waals surface area (Å²) >= 11 is 0. The number of carbonyl (C=O) groups is 1. The molecule has 0 bridgehead atoms. The molecule has 4 rings (SSSR count). The number of allylic oxidation sites excluding steroid dienone is 1. The van der Waals surface area contributed by atoms with Crippen molar-refractivity contribution in [3.05, 3.63) is 11.6 Å². The van der Waals surface area contributed by atoms with Crippen LogP contribution in [0.4, 0.5) is 0 Å². The first-order valence-corrected chi connectivity index (χ1v) is 8.83. The van der Waals surface area contributed by atoms with Crippen molar-refractivity contribution in [2.75, 3.05) is 0 Å². The summed E-state index contributed by atoms with van der Waals surface area (Å²) in [6.45, 7) is 5.08. The van der Waals surface area contributed by atoms with E-state index in [1.54, 1.807) is 0 Å². The van der Waals surface area contributed by atoms with Gasteiger partial charge in [0.1, 0.15) is 0 Å². The molecule has 1 nitrogen and oxygen atoms in total. The zero-order valence-corrected chi connectivity index (χ0v) is 13.0. The first kappa shape index (κ1) is 13.1. The van der Waals surface area contributed by atoms with Crippen LogP contribution < -0.4 is 0 Å². The number of hydrogen-bond acceptors (Lipinski definition) is 1. The van der Waals surface area contributed by atoms with E-state index in [1.807, 2.05) is 6.08 Å². The molecule has 0 aliphatic heterocycles. The van der Waals surface area contributed by atoms with Gasteiger partial charge in [-0.15, -0.1) is 0 Å². The van der Waals surface area contributed by atoms with Gasteiger partial charge in [0.15, 0.2) is 5.78 Å². The Morgan fingerprint density at radius 1 is 1.05 bits per heavy atom. The molecule has 0 heterocycles. The highest BCUT2D eigenvalue weighted by atomic mass is 16.1. The maximum Gasteiger partial charge on any atom is 0.155 e. The summed E-state index contributed by atoms with van der Waals surface area (Å²) in [5.41, 5.74) is 2.16. The van der Waals surface area contributed by atoms with Gasteiger partial charge in [-0.1, -0.05) is 19.4 Å². The fourth-order valence-electron chi connectivity index (χ4n) is 6.44. The van der Waals surface area contributed by atoms with Crippen LogP contribution in [0.1, 0.15) is 65.2 Å². The highest BCUT2D eigenvalue weighted by molar-refractivity contribution is 5.91. The topological polar surface area (TPSA) is 17.1 Å². The molecule has 4 aliphatic carbocycles. The van der Waals surface area contributed by atoms with Crippen LogP contribution >= 0.6 is 0 Å². The third kappa shape index (κ3) is 1.71. The Hall–Kier alpha value is -0.590. The number of ketones is 1. The summed E-state index contributed by atoms with van der Waals surface area (Å²) < 4.78 is 0. The number of hydrogen-bond donors (Lipinski definition) is 0. The highest BCUT2D eigenvalue weighted by Crippen LogP contribution is 2.63. The lowest BCUT2D eigenvalue weighted by molar-refractivity contribution is -0.116.